The van der Waals surface area contributed by atoms with Gasteiger partial charge in [-0.1, -0.05) is 0 Å². The monoisotopic (exact) mass is 229 g/mol. The molecular formula is C9H15N3O2S. The first-order chi connectivity index (χ1) is 6.96. The SMILES string of the molecule is CNC(c1cncnc1)C(C)S(C)(=O)=O. The summed E-state index contributed by atoms with van der Waals surface area (Å²) in [5, 5.41) is 2.46. The first kappa shape index (κ1) is 12.1. The zero-order valence-electron chi connectivity index (χ0n) is 9.01. The van der Waals surface area contributed by atoms with Crippen LogP contribution in [0.4, 0.5) is 0 Å². The Bertz CT molecular complexity index is 405. The number of aromatic nitrogens is 2. The molecule has 15 heavy (non-hydrogen) atoms. The third-order valence-electron chi connectivity index (χ3n) is 2.40. The number of rotatable bonds is 4. The van der Waals surface area contributed by atoms with Crippen LogP contribution in [0.5, 0.6) is 0 Å². The minimum absolute atomic E-state index is 0.277. The second kappa shape index (κ2) is 4.67. The Morgan fingerprint density at radius 2 is 1.87 bits per heavy atom. The minimum Gasteiger partial charge on any atom is -0.312 e. The van der Waals surface area contributed by atoms with E-state index in [1.165, 1.54) is 12.6 Å². The van der Waals surface area contributed by atoms with Gasteiger partial charge in [-0.2, -0.15) is 0 Å². The highest BCUT2D eigenvalue weighted by Crippen LogP contribution is 2.19. The van der Waals surface area contributed by atoms with E-state index in [-0.39, 0.29) is 6.04 Å². The van der Waals surface area contributed by atoms with Crippen molar-refractivity contribution >= 4 is 9.84 Å². The summed E-state index contributed by atoms with van der Waals surface area (Å²) >= 11 is 0. The van der Waals surface area contributed by atoms with Crippen LogP contribution in [0.1, 0.15) is 18.5 Å². The largest absolute Gasteiger partial charge is 0.312 e. The third kappa shape index (κ3) is 2.97. The van der Waals surface area contributed by atoms with Crippen LogP contribution in [-0.2, 0) is 9.84 Å². The van der Waals surface area contributed by atoms with Crippen LogP contribution in [0.15, 0.2) is 18.7 Å². The molecule has 1 heterocycles. The van der Waals surface area contributed by atoms with E-state index in [4.69, 9.17) is 0 Å². The van der Waals surface area contributed by atoms with Crippen molar-refractivity contribution in [2.24, 2.45) is 0 Å². The first-order valence-electron chi connectivity index (χ1n) is 4.58. The zero-order valence-corrected chi connectivity index (χ0v) is 9.82. The van der Waals surface area contributed by atoms with Crippen LogP contribution in [-0.4, -0.2) is 36.9 Å². The van der Waals surface area contributed by atoms with Crippen molar-refractivity contribution in [1.29, 1.82) is 0 Å². The van der Waals surface area contributed by atoms with E-state index in [0.29, 0.717) is 0 Å². The molecular weight excluding hydrogens is 214 g/mol. The molecule has 0 aliphatic heterocycles. The molecule has 84 valence electrons. The fourth-order valence-electron chi connectivity index (χ4n) is 1.39. The van der Waals surface area contributed by atoms with Gasteiger partial charge in [0, 0.05) is 24.2 Å². The molecule has 5 nitrogen and oxygen atoms in total. The third-order valence-corrected chi connectivity index (χ3v) is 4.02. The molecule has 0 saturated carbocycles. The van der Waals surface area contributed by atoms with Gasteiger partial charge >= 0.3 is 0 Å². The van der Waals surface area contributed by atoms with Crippen LogP contribution in [0, 0.1) is 0 Å². The van der Waals surface area contributed by atoms with Crippen molar-refractivity contribution in [3.05, 3.63) is 24.3 Å². The molecule has 1 N–H and O–H groups in total. The summed E-state index contributed by atoms with van der Waals surface area (Å²) in [5.41, 5.74) is 0.776. The van der Waals surface area contributed by atoms with Crippen molar-refractivity contribution in [2.75, 3.05) is 13.3 Å². The Hall–Kier alpha value is -1.01. The lowest BCUT2D eigenvalue weighted by atomic mass is 10.1. The molecule has 6 heteroatoms. The number of nitrogens with zero attached hydrogens (tertiary/aromatic N) is 2. The average Bonchev–Trinajstić information content (AvgIpc) is 2.19. The van der Waals surface area contributed by atoms with E-state index in [1.807, 2.05) is 0 Å². The maximum Gasteiger partial charge on any atom is 0.151 e. The summed E-state index contributed by atoms with van der Waals surface area (Å²) in [4.78, 5) is 7.74. The molecule has 0 radical (unpaired) electrons. The quantitative estimate of drug-likeness (QED) is 0.797. The first-order valence-corrected chi connectivity index (χ1v) is 6.53. The smallest absolute Gasteiger partial charge is 0.151 e. The molecule has 1 aromatic heterocycles. The fourth-order valence-corrected chi connectivity index (χ4v) is 2.18. The van der Waals surface area contributed by atoms with Crippen molar-refractivity contribution in [1.82, 2.24) is 15.3 Å². The van der Waals surface area contributed by atoms with Crippen molar-refractivity contribution in [3.63, 3.8) is 0 Å². The second-order valence-corrected chi connectivity index (χ2v) is 5.88. The van der Waals surface area contributed by atoms with E-state index in [2.05, 4.69) is 15.3 Å². The Labute approximate surface area is 89.9 Å². The molecule has 1 aromatic rings. The average molecular weight is 229 g/mol. The lowest BCUT2D eigenvalue weighted by Crippen LogP contribution is -2.33. The van der Waals surface area contributed by atoms with Gasteiger partial charge in [-0.05, 0) is 14.0 Å². The predicted octanol–water partition coefficient (Wildman–Crippen LogP) is 0.170. The van der Waals surface area contributed by atoms with Gasteiger partial charge in [0.1, 0.15) is 6.33 Å². The van der Waals surface area contributed by atoms with Crippen LogP contribution in [0.2, 0.25) is 0 Å². The van der Waals surface area contributed by atoms with Gasteiger partial charge < -0.3 is 5.32 Å². The van der Waals surface area contributed by atoms with Gasteiger partial charge in [-0.25, -0.2) is 18.4 Å². The highest BCUT2D eigenvalue weighted by Gasteiger charge is 2.26. The van der Waals surface area contributed by atoms with Gasteiger partial charge in [0.15, 0.2) is 9.84 Å². The maximum atomic E-state index is 11.4. The lowest BCUT2D eigenvalue weighted by molar-refractivity contribution is 0.533. The van der Waals surface area contributed by atoms with Gasteiger partial charge in [0.2, 0.25) is 0 Å². The number of hydrogen-bond acceptors (Lipinski definition) is 5. The van der Waals surface area contributed by atoms with Crippen molar-refractivity contribution < 1.29 is 8.42 Å². The molecule has 0 aliphatic carbocycles. The Morgan fingerprint density at radius 3 is 2.27 bits per heavy atom. The second-order valence-electron chi connectivity index (χ2n) is 3.47. The molecule has 0 spiro atoms. The highest BCUT2D eigenvalue weighted by atomic mass is 32.2. The lowest BCUT2D eigenvalue weighted by Gasteiger charge is -2.21. The topological polar surface area (TPSA) is 72.0 Å². The summed E-state index contributed by atoms with van der Waals surface area (Å²) in [6.45, 7) is 1.67. The normalized spacial score (nSPS) is 15.9. The molecule has 0 amide bonds. The molecule has 2 atom stereocenters. The van der Waals surface area contributed by atoms with Crippen LogP contribution >= 0.6 is 0 Å². The van der Waals surface area contributed by atoms with Crippen molar-refractivity contribution in [2.45, 2.75) is 18.2 Å². The van der Waals surface area contributed by atoms with Crippen LogP contribution in [0.3, 0.4) is 0 Å². The molecule has 0 aliphatic rings. The Balaban J connectivity index is 3.01. The Morgan fingerprint density at radius 1 is 1.33 bits per heavy atom. The van der Waals surface area contributed by atoms with Gasteiger partial charge in [0.25, 0.3) is 0 Å². The number of hydrogen-bond donors (Lipinski definition) is 1. The molecule has 1 rings (SSSR count). The molecule has 0 bridgehead atoms. The van der Waals surface area contributed by atoms with Gasteiger partial charge in [0.05, 0.1) is 11.3 Å². The summed E-state index contributed by atoms with van der Waals surface area (Å²) < 4.78 is 22.8. The van der Waals surface area contributed by atoms with Gasteiger partial charge in [-0.15, -0.1) is 0 Å². The highest BCUT2D eigenvalue weighted by molar-refractivity contribution is 7.91. The maximum absolute atomic E-state index is 11.4. The van der Waals surface area contributed by atoms with E-state index < -0.39 is 15.1 Å². The summed E-state index contributed by atoms with van der Waals surface area (Å²) in [6.07, 6.45) is 5.89. The van der Waals surface area contributed by atoms with Crippen molar-refractivity contribution in [3.8, 4) is 0 Å². The number of nitrogens with one attached hydrogen (secondary N) is 1. The molecule has 0 fully saturated rings. The molecule has 0 aromatic carbocycles. The van der Waals surface area contributed by atoms with E-state index in [1.54, 1.807) is 26.4 Å². The fraction of sp³-hybridized carbons (Fsp3) is 0.556. The standard InChI is InChI=1S/C9H15N3O2S/c1-7(15(3,13)14)9(10-2)8-4-11-6-12-5-8/h4-7,9-10H,1-3H3. The van der Waals surface area contributed by atoms with E-state index >= 15 is 0 Å². The molecule has 2 unspecified atom stereocenters. The summed E-state index contributed by atoms with van der Waals surface area (Å²) in [6, 6.07) is -0.277. The molecule has 0 saturated heterocycles. The summed E-state index contributed by atoms with van der Waals surface area (Å²) in [7, 11) is -1.36. The summed E-state index contributed by atoms with van der Waals surface area (Å²) in [5.74, 6) is 0. The van der Waals surface area contributed by atoms with E-state index in [0.717, 1.165) is 5.56 Å². The predicted molar refractivity (Wildman–Crippen MR) is 58.1 cm³/mol. The Kier molecular flexibility index (Phi) is 3.76. The van der Waals surface area contributed by atoms with E-state index in [9.17, 15) is 8.42 Å². The number of sulfone groups is 1. The minimum atomic E-state index is -3.08. The van der Waals surface area contributed by atoms with Crippen LogP contribution in [0.25, 0.3) is 0 Å². The van der Waals surface area contributed by atoms with Gasteiger partial charge in [-0.3, -0.25) is 0 Å². The van der Waals surface area contributed by atoms with Crippen LogP contribution < -0.4 is 5.32 Å². The zero-order chi connectivity index (χ0) is 11.5.